The van der Waals surface area contributed by atoms with Crippen molar-refractivity contribution in [3.05, 3.63) is 35.9 Å². The molecule has 3 aromatic rings. The molecule has 0 spiro atoms. The van der Waals surface area contributed by atoms with Gasteiger partial charge in [0.1, 0.15) is 11.6 Å². The highest BCUT2D eigenvalue weighted by Gasteiger charge is 2.40. The lowest BCUT2D eigenvalue weighted by Gasteiger charge is -2.16. The fraction of sp³-hybridized carbons (Fsp3) is 0.524. The summed E-state index contributed by atoms with van der Waals surface area (Å²) in [4.78, 5) is 16.5. The molecule has 10 nitrogen and oxygen atoms in total. The Hall–Kier alpha value is -3.14. The summed E-state index contributed by atoms with van der Waals surface area (Å²) in [5.41, 5.74) is 2.65. The van der Waals surface area contributed by atoms with E-state index in [2.05, 4.69) is 30.9 Å². The van der Waals surface area contributed by atoms with Gasteiger partial charge in [-0.1, -0.05) is 0 Å². The van der Waals surface area contributed by atoms with E-state index in [0.29, 0.717) is 18.2 Å². The Morgan fingerprint density at radius 1 is 1.35 bits per heavy atom. The molecule has 5 rings (SSSR count). The minimum Gasteiger partial charge on any atom is -0.446 e. The van der Waals surface area contributed by atoms with Crippen LogP contribution in [0.4, 0.5) is 16.4 Å². The van der Waals surface area contributed by atoms with Crippen molar-refractivity contribution in [2.45, 2.75) is 63.2 Å². The molecule has 3 N–H and O–H groups in total. The first-order valence-electron chi connectivity index (χ1n) is 10.6. The highest BCUT2D eigenvalue weighted by Crippen LogP contribution is 2.37. The Kier molecular flexibility index (Phi) is 5.01. The van der Waals surface area contributed by atoms with Crippen molar-refractivity contribution < 1.29 is 14.3 Å². The van der Waals surface area contributed by atoms with Gasteiger partial charge in [0.2, 0.25) is 0 Å². The minimum absolute atomic E-state index is 0.0598. The zero-order valence-electron chi connectivity index (χ0n) is 17.7. The quantitative estimate of drug-likeness (QED) is 0.532. The maximum atomic E-state index is 12.1. The van der Waals surface area contributed by atoms with Gasteiger partial charge in [-0.2, -0.15) is 10.2 Å². The van der Waals surface area contributed by atoms with E-state index in [0.717, 1.165) is 49.0 Å². The van der Waals surface area contributed by atoms with Crippen molar-refractivity contribution >= 4 is 23.2 Å². The van der Waals surface area contributed by atoms with Crippen LogP contribution in [0.1, 0.15) is 56.3 Å². The van der Waals surface area contributed by atoms with Crippen LogP contribution in [0.3, 0.4) is 0 Å². The van der Waals surface area contributed by atoms with Gasteiger partial charge in [0, 0.05) is 42.7 Å². The van der Waals surface area contributed by atoms with Gasteiger partial charge in [0.25, 0.3) is 0 Å². The molecule has 0 unspecified atom stereocenters. The van der Waals surface area contributed by atoms with E-state index in [4.69, 9.17) is 9.47 Å². The number of carbonyl (C=O) groups is 1. The van der Waals surface area contributed by atoms with Gasteiger partial charge in [0.15, 0.2) is 11.6 Å². The van der Waals surface area contributed by atoms with Crippen molar-refractivity contribution in [3.8, 4) is 0 Å². The third-order valence-corrected chi connectivity index (χ3v) is 6.08. The number of aromatic nitrogens is 5. The van der Waals surface area contributed by atoms with Crippen LogP contribution in [0.5, 0.6) is 0 Å². The first kappa shape index (κ1) is 19.8. The molecule has 2 aliphatic carbocycles. The molecule has 0 aromatic carbocycles. The number of nitrogens with one attached hydrogen (secondary N) is 3. The molecule has 3 aromatic heterocycles. The summed E-state index contributed by atoms with van der Waals surface area (Å²) in [6.07, 6.45) is 7.78. The largest absolute Gasteiger partial charge is 0.446 e. The summed E-state index contributed by atoms with van der Waals surface area (Å²) in [6, 6.07) is 3.94. The summed E-state index contributed by atoms with van der Waals surface area (Å²) in [7, 11) is 1.64. The van der Waals surface area contributed by atoms with E-state index >= 15 is 0 Å². The number of alkyl carbamates (subject to hydrolysis) is 1. The number of amides is 1. The Morgan fingerprint density at radius 3 is 3.03 bits per heavy atom. The lowest BCUT2D eigenvalue weighted by Crippen LogP contribution is -2.36. The molecule has 164 valence electrons. The molecule has 2 aliphatic rings. The zero-order chi connectivity index (χ0) is 21.4. The summed E-state index contributed by atoms with van der Waals surface area (Å²) in [5, 5.41) is 18.2. The van der Waals surface area contributed by atoms with E-state index in [1.54, 1.807) is 24.0 Å². The monoisotopic (exact) mass is 425 g/mol. The SMILES string of the molecule is COCc1cc2c(Nc3cc([C@H]4CC[C@@H](OC(=O)NC5(C)CC5)C4)[nH]n3)nccn2n1. The summed E-state index contributed by atoms with van der Waals surface area (Å²) in [6.45, 7) is 2.48. The molecule has 1 amide bonds. The normalized spacial score (nSPS) is 21.9. The maximum absolute atomic E-state index is 12.1. The van der Waals surface area contributed by atoms with Crippen molar-refractivity contribution in [1.82, 2.24) is 30.1 Å². The average molecular weight is 425 g/mol. The molecule has 2 fully saturated rings. The van der Waals surface area contributed by atoms with Gasteiger partial charge in [-0.15, -0.1) is 0 Å². The highest BCUT2D eigenvalue weighted by molar-refractivity contribution is 5.72. The number of aromatic amines is 1. The topological polar surface area (TPSA) is 118 Å². The van der Waals surface area contributed by atoms with Gasteiger partial charge in [-0.3, -0.25) is 5.10 Å². The first-order valence-corrected chi connectivity index (χ1v) is 10.6. The second-order valence-electron chi connectivity index (χ2n) is 8.73. The molecule has 0 bridgehead atoms. The summed E-state index contributed by atoms with van der Waals surface area (Å²) >= 11 is 0. The fourth-order valence-corrected chi connectivity index (χ4v) is 4.09. The van der Waals surface area contributed by atoms with Gasteiger partial charge < -0.3 is 20.1 Å². The van der Waals surface area contributed by atoms with Crippen LogP contribution in [-0.4, -0.2) is 49.6 Å². The number of rotatable bonds is 7. The predicted molar refractivity (Wildman–Crippen MR) is 113 cm³/mol. The second-order valence-corrected chi connectivity index (χ2v) is 8.73. The average Bonchev–Trinajstić information content (AvgIpc) is 3.16. The number of methoxy groups -OCH3 is 1. The molecule has 3 heterocycles. The predicted octanol–water partition coefficient (Wildman–Crippen LogP) is 3.26. The Balaban J connectivity index is 1.22. The van der Waals surface area contributed by atoms with Crippen LogP contribution in [0.15, 0.2) is 24.5 Å². The molecule has 0 radical (unpaired) electrons. The number of H-pyrrole nitrogens is 1. The van der Waals surface area contributed by atoms with Crippen molar-refractivity contribution in [2.24, 2.45) is 0 Å². The molecule has 10 heteroatoms. The first-order chi connectivity index (χ1) is 15.0. The lowest BCUT2D eigenvalue weighted by atomic mass is 10.0. The molecule has 0 saturated heterocycles. The molecule has 2 atom stereocenters. The third kappa shape index (κ3) is 4.34. The number of ether oxygens (including phenoxy) is 2. The van der Waals surface area contributed by atoms with Gasteiger partial charge in [-0.25, -0.2) is 14.3 Å². The molecular weight excluding hydrogens is 398 g/mol. The zero-order valence-corrected chi connectivity index (χ0v) is 17.7. The highest BCUT2D eigenvalue weighted by atomic mass is 16.6. The van der Waals surface area contributed by atoms with Gasteiger partial charge in [0.05, 0.1) is 12.3 Å². The Bertz CT molecular complexity index is 1090. The smallest absolute Gasteiger partial charge is 0.407 e. The van der Waals surface area contributed by atoms with Crippen LogP contribution in [0.2, 0.25) is 0 Å². The number of fused-ring (bicyclic) bond motifs is 1. The number of anilines is 2. The molecular formula is C21H27N7O3. The van der Waals surface area contributed by atoms with E-state index in [9.17, 15) is 4.79 Å². The second kappa shape index (κ2) is 7.84. The molecule has 0 aliphatic heterocycles. The van der Waals surface area contributed by atoms with Crippen LogP contribution in [0.25, 0.3) is 5.52 Å². The maximum Gasteiger partial charge on any atom is 0.407 e. The van der Waals surface area contributed by atoms with Crippen molar-refractivity contribution in [3.63, 3.8) is 0 Å². The Morgan fingerprint density at radius 2 is 2.23 bits per heavy atom. The standard InChI is InChI=1S/C21H27N7O3/c1-21(5-6-21)24-20(29)31-15-4-3-13(9-15)16-11-18(26-25-16)23-19-17-10-14(12-30-2)27-28(17)8-7-22-19/h7-8,10-11,13,15H,3-6,9,12H2,1-2H3,(H,24,29)(H2,22,23,25,26)/t13-,15+/m0/s1. The fourth-order valence-electron chi connectivity index (χ4n) is 4.09. The van der Waals surface area contributed by atoms with E-state index in [1.807, 2.05) is 19.1 Å². The molecule has 2 saturated carbocycles. The van der Waals surface area contributed by atoms with Crippen molar-refractivity contribution in [1.29, 1.82) is 0 Å². The Labute approximate surface area is 179 Å². The third-order valence-electron chi connectivity index (χ3n) is 6.08. The van der Waals surface area contributed by atoms with E-state index in [-0.39, 0.29) is 23.7 Å². The van der Waals surface area contributed by atoms with E-state index < -0.39 is 0 Å². The summed E-state index contributed by atoms with van der Waals surface area (Å²) in [5.74, 6) is 1.64. The minimum atomic E-state index is -0.301. The van der Waals surface area contributed by atoms with Gasteiger partial charge in [-0.05, 0) is 45.1 Å². The van der Waals surface area contributed by atoms with E-state index in [1.165, 1.54) is 0 Å². The van der Waals surface area contributed by atoms with Gasteiger partial charge >= 0.3 is 6.09 Å². The molecule has 31 heavy (non-hydrogen) atoms. The number of carbonyl (C=O) groups excluding carboxylic acids is 1. The number of hydrogen-bond donors (Lipinski definition) is 3. The lowest BCUT2D eigenvalue weighted by molar-refractivity contribution is 0.0967. The summed E-state index contributed by atoms with van der Waals surface area (Å²) < 4.78 is 12.6. The van der Waals surface area contributed by atoms with Crippen LogP contribution in [-0.2, 0) is 16.1 Å². The van der Waals surface area contributed by atoms with Crippen LogP contribution < -0.4 is 10.6 Å². The van der Waals surface area contributed by atoms with Crippen LogP contribution in [0, 0.1) is 0 Å². The van der Waals surface area contributed by atoms with Crippen molar-refractivity contribution in [2.75, 3.05) is 12.4 Å². The number of hydrogen-bond acceptors (Lipinski definition) is 7. The van der Waals surface area contributed by atoms with Crippen LogP contribution >= 0.6 is 0 Å². The number of nitrogens with zero attached hydrogens (tertiary/aromatic N) is 4.